The zero-order chi connectivity index (χ0) is 25.6. The molecule has 5 aromatic rings. The van der Waals surface area contributed by atoms with Crippen molar-refractivity contribution in [3.05, 3.63) is 160 Å². The number of thiophene rings is 1. The quantitative estimate of drug-likeness (QED) is 0.248. The third-order valence-corrected chi connectivity index (χ3v) is 9.79. The summed E-state index contributed by atoms with van der Waals surface area (Å²) in [6.45, 7) is 0. The van der Waals surface area contributed by atoms with Crippen LogP contribution in [0.5, 0.6) is 0 Å². The van der Waals surface area contributed by atoms with Gasteiger partial charge in [-0.3, -0.25) is 0 Å². The lowest BCUT2D eigenvalue weighted by Gasteiger charge is -2.42. The molecule has 0 saturated carbocycles. The Balaban J connectivity index is 1.29. The molecule has 1 atom stereocenters. The van der Waals surface area contributed by atoms with Gasteiger partial charge in [-0.2, -0.15) is 0 Å². The van der Waals surface area contributed by atoms with Gasteiger partial charge < -0.3 is 5.32 Å². The van der Waals surface area contributed by atoms with Crippen molar-refractivity contribution < 1.29 is 0 Å². The third kappa shape index (κ3) is 2.79. The van der Waals surface area contributed by atoms with E-state index in [0.29, 0.717) is 0 Å². The van der Waals surface area contributed by atoms with Gasteiger partial charge in [0.1, 0.15) is 0 Å². The van der Waals surface area contributed by atoms with Gasteiger partial charge in [0, 0.05) is 31.6 Å². The summed E-state index contributed by atoms with van der Waals surface area (Å²) in [7, 11) is 0. The fraction of sp³-hybridized carbons (Fsp3) is 0.0270. The van der Waals surface area contributed by atoms with Crippen molar-refractivity contribution >= 4 is 60.5 Å². The van der Waals surface area contributed by atoms with Crippen LogP contribution in [0.4, 0.5) is 5.69 Å². The number of benzene rings is 4. The van der Waals surface area contributed by atoms with Crippen LogP contribution in [0, 0.1) is 5.41 Å². The van der Waals surface area contributed by atoms with Crippen molar-refractivity contribution in [2.24, 2.45) is 5.41 Å². The first kappa shape index (κ1) is 21.3. The number of hydrogen-bond donors (Lipinski definition) is 1. The molecule has 0 fully saturated rings. The molecule has 182 valence electrons. The molecule has 1 N–H and O–H groups in total. The number of fused-ring (bicyclic) bond motifs is 11. The predicted octanol–water partition coefficient (Wildman–Crippen LogP) is 9.88. The summed E-state index contributed by atoms with van der Waals surface area (Å²) in [6, 6.07) is 32.9. The van der Waals surface area contributed by atoms with Crippen molar-refractivity contribution in [3.8, 4) is 0 Å². The van der Waals surface area contributed by atoms with Crippen molar-refractivity contribution in [1.29, 1.82) is 0 Å². The molecule has 0 aliphatic heterocycles. The lowest BCUT2D eigenvalue weighted by molar-refractivity contribution is 0.701. The monoisotopic (exact) mass is 513 g/mol. The first-order valence-electron chi connectivity index (χ1n) is 13.4. The molecule has 1 heterocycles. The minimum atomic E-state index is -0.416. The lowest BCUT2D eigenvalue weighted by atomic mass is 9.63. The molecular formula is C37H23NS. The normalized spacial score (nSPS) is 20.1. The van der Waals surface area contributed by atoms with Gasteiger partial charge in [0.05, 0.1) is 5.41 Å². The van der Waals surface area contributed by atoms with Gasteiger partial charge in [-0.05, 0) is 81.0 Å². The van der Waals surface area contributed by atoms with E-state index in [1.165, 1.54) is 70.4 Å². The van der Waals surface area contributed by atoms with Gasteiger partial charge in [0.25, 0.3) is 0 Å². The van der Waals surface area contributed by atoms with Crippen LogP contribution in [0.3, 0.4) is 0 Å². The van der Waals surface area contributed by atoms with Gasteiger partial charge in [0.2, 0.25) is 0 Å². The van der Waals surface area contributed by atoms with E-state index >= 15 is 0 Å². The molecule has 1 nitrogen and oxygen atoms in total. The van der Waals surface area contributed by atoms with E-state index in [4.69, 9.17) is 0 Å². The van der Waals surface area contributed by atoms with Gasteiger partial charge >= 0.3 is 0 Å². The molecule has 39 heavy (non-hydrogen) atoms. The van der Waals surface area contributed by atoms with Crippen molar-refractivity contribution in [2.75, 3.05) is 5.32 Å². The van der Waals surface area contributed by atoms with Gasteiger partial charge in [-0.15, -0.1) is 11.3 Å². The molecule has 0 radical (unpaired) electrons. The van der Waals surface area contributed by atoms with E-state index in [2.05, 4.69) is 139 Å². The largest absolute Gasteiger partial charge is 0.357 e. The maximum Gasteiger partial charge on any atom is 0.0798 e. The summed E-state index contributed by atoms with van der Waals surface area (Å²) in [5.74, 6) is 0. The lowest BCUT2D eigenvalue weighted by Crippen LogP contribution is -2.32. The molecule has 0 amide bonds. The summed E-state index contributed by atoms with van der Waals surface area (Å²) < 4.78 is 2.63. The number of nitrogens with one attached hydrogen (secondary N) is 1. The molecule has 2 heteroatoms. The average molecular weight is 514 g/mol. The Bertz CT molecular complexity index is 2070. The topological polar surface area (TPSA) is 12.0 Å². The van der Waals surface area contributed by atoms with E-state index in [1.54, 1.807) is 0 Å². The SMILES string of the molecule is C1=CC2(C(Nc3cccc4sc5ccccc5c34)=CC=C3C2=Cc2ccccc23)C2=Cc3ccccc3C2=C1. The van der Waals surface area contributed by atoms with Crippen molar-refractivity contribution in [3.63, 3.8) is 0 Å². The number of rotatable bonds is 2. The summed E-state index contributed by atoms with van der Waals surface area (Å²) in [6.07, 6.45) is 16.4. The zero-order valence-corrected chi connectivity index (χ0v) is 21.9. The summed E-state index contributed by atoms with van der Waals surface area (Å²) in [5, 5.41) is 6.61. The first-order valence-corrected chi connectivity index (χ1v) is 14.3. The van der Waals surface area contributed by atoms with Crippen molar-refractivity contribution in [1.82, 2.24) is 0 Å². The number of hydrogen-bond acceptors (Lipinski definition) is 2. The van der Waals surface area contributed by atoms with Crippen LogP contribution in [0.15, 0.2) is 138 Å². The second-order valence-corrected chi connectivity index (χ2v) is 11.7. The fourth-order valence-electron chi connectivity index (χ4n) is 6.96. The van der Waals surface area contributed by atoms with E-state index < -0.39 is 5.41 Å². The van der Waals surface area contributed by atoms with Gasteiger partial charge in [-0.1, -0.05) is 97.1 Å². The predicted molar refractivity (Wildman–Crippen MR) is 167 cm³/mol. The van der Waals surface area contributed by atoms with E-state index in [0.717, 1.165) is 5.69 Å². The molecule has 4 aliphatic carbocycles. The zero-order valence-electron chi connectivity index (χ0n) is 21.1. The highest BCUT2D eigenvalue weighted by atomic mass is 32.1. The molecule has 0 saturated heterocycles. The highest BCUT2D eigenvalue weighted by Gasteiger charge is 2.48. The van der Waals surface area contributed by atoms with E-state index in [9.17, 15) is 0 Å². The smallest absolute Gasteiger partial charge is 0.0798 e. The molecule has 1 unspecified atom stereocenters. The first-order chi connectivity index (χ1) is 19.3. The van der Waals surface area contributed by atoms with E-state index in [-0.39, 0.29) is 0 Å². The van der Waals surface area contributed by atoms with Gasteiger partial charge in [-0.25, -0.2) is 0 Å². The highest BCUT2D eigenvalue weighted by molar-refractivity contribution is 7.25. The molecule has 1 spiro atoms. The minimum Gasteiger partial charge on any atom is -0.357 e. The molecule has 1 aromatic heterocycles. The Kier molecular flexibility index (Phi) is 4.20. The fourth-order valence-corrected chi connectivity index (χ4v) is 8.09. The highest BCUT2D eigenvalue weighted by Crippen LogP contribution is 2.61. The van der Waals surface area contributed by atoms with Crippen LogP contribution >= 0.6 is 11.3 Å². The second-order valence-electron chi connectivity index (χ2n) is 10.6. The summed E-state index contributed by atoms with van der Waals surface area (Å²) in [5.41, 5.74) is 12.5. The maximum absolute atomic E-state index is 4.00. The van der Waals surface area contributed by atoms with Crippen LogP contribution in [-0.4, -0.2) is 0 Å². The van der Waals surface area contributed by atoms with Crippen LogP contribution in [0.25, 0.3) is 43.5 Å². The number of allylic oxidation sites excluding steroid dienone is 7. The number of anilines is 1. The van der Waals surface area contributed by atoms with E-state index in [1.807, 2.05) is 11.3 Å². The molecule has 4 aromatic carbocycles. The minimum absolute atomic E-state index is 0.416. The Hall–Kier alpha value is -4.66. The maximum atomic E-state index is 4.00. The third-order valence-electron chi connectivity index (χ3n) is 8.65. The Labute approximate surface area is 231 Å². The molecular weight excluding hydrogens is 490 g/mol. The van der Waals surface area contributed by atoms with Crippen molar-refractivity contribution in [2.45, 2.75) is 0 Å². The van der Waals surface area contributed by atoms with Gasteiger partial charge in [0.15, 0.2) is 0 Å². The molecule has 9 rings (SSSR count). The summed E-state index contributed by atoms with van der Waals surface area (Å²) >= 11 is 1.86. The van der Waals surface area contributed by atoms with Crippen LogP contribution in [0.1, 0.15) is 22.3 Å². The van der Waals surface area contributed by atoms with Crippen LogP contribution in [0.2, 0.25) is 0 Å². The summed E-state index contributed by atoms with van der Waals surface area (Å²) in [4.78, 5) is 0. The van der Waals surface area contributed by atoms with Crippen LogP contribution < -0.4 is 5.32 Å². The van der Waals surface area contributed by atoms with Crippen LogP contribution in [-0.2, 0) is 0 Å². The second kappa shape index (κ2) is 7.69. The Morgan fingerprint density at radius 2 is 1.26 bits per heavy atom. The Morgan fingerprint density at radius 1 is 0.590 bits per heavy atom. The standard InChI is InChI=1S/C37H23NS/c1-3-11-25-23(9-1)21-30-27(25)14-8-20-37(30)31-22-24-10-2-4-12-26(24)28(31)18-19-35(37)38-32-15-7-17-34-36(32)29-13-5-6-16-33(29)39-34/h1-22,38H. The molecule has 0 bridgehead atoms. The average Bonchev–Trinajstić information content (AvgIpc) is 3.67. The Morgan fingerprint density at radius 3 is 2.05 bits per heavy atom. The molecule has 4 aliphatic rings.